The largest absolute Gasteiger partial charge is 0.392 e. The molecular formula is C20H28O6. The summed E-state index contributed by atoms with van der Waals surface area (Å²) in [4.78, 5) is 13.3. The summed E-state index contributed by atoms with van der Waals surface area (Å²) in [5, 5.41) is 45.1. The smallest absolute Gasteiger partial charge is 0.208 e. The van der Waals surface area contributed by atoms with Gasteiger partial charge in [0.05, 0.1) is 18.8 Å². The van der Waals surface area contributed by atoms with Gasteiger partial charge in [0.2, 0.25) is 5.79 Å². The predicted molar refractivity (Wildman–Crippen MR) is 90.7 cm³/mol. The third-order valence-corrected chi connectivity index (χ3v) is 8.88. The van der Waals surface area contributed by atoms with Crippen LogP contribution in [0.2, 0.25) is 0 Å². The van der Waals surface area contributed by atoms with Crippen LogP contribution in [0.25, 0.3) is 0 Å². The molecule has 6 aliphatic rings. The molecule has 0 radical (unpaired) electrons. The first-order valence-electron chi connectivity index (χ1n) is 9.71. The summed E-state index contributed by atoms with van der Waals surface area (Å²) < 4.78 is 5.80. The Kier molecular flexibility index (Phi) is 3.07. The Balaban J connectivity index is 1.81. The number of hydrogen-bond acceptors (Lipinski definition) is 6. The molecule has 6 heteroatoms. The average Bonchev–Trinajstić information content (AvgIpc) is 2.69. The van der Waals surface area contributed by atoms with Gasteiger partial charge in [-0.15, -0.1) is 0 Å². The first-order chi connectivity index (χ1) is 12.1. The Bertz CT molecular complexity index is 717. The number of aliphatic hydroxyl groups excluding tert-OH is 3. The molecule has 2 saturated heterocycles. The Morgan fingerprint density at radius 1 is 1.12 bits per heavy atom. The van der Waals surface area contributed by atoms with Crippen LogP contribution in [0.1, 0.15) is 39.5 Å². The van der Waals surface area contributed by atoms with Gasteiger partial charge < -0.3 is 25.2 Å². The number of Topliss-reactive ketones (excluding diaryl/α,β-unsaturated/α-hetero) is 1. The van der Waals surface area contributed by atoms with Crippen molar-refractivity contribution in [2.45, 2.75) is 63.6 Å². The SMILES string of the molecule is C=C1C(=O)[C@]23[C@H](CC[C@H]1[C@@H]2O)[C@@]12CO[C@@]3(O)[C@@H](O)[C@@H]1C(C)(C)CC[C@@H]2O. The molecule has 0 amide bonds. The van der Waals surface area contributed by atoms with E-state index in [4.69, 9.17) is 4.74 Å². The van der Waals surface area contributed by atoms with E-state index in [-0.39, 0.29) is 12.0 Å². The second-order valence-corrected chi connectivity index (χ2v) is 9.97. The maximum absolute atomic E-state index is 13.3. The van der Waals surface area contributed by atoms with Crippen molar-refractivity contribution in [2.24, 2.45) is 34.0 Å². The van der Waals surface area contributed by atoms with Crippen LogP contribution in [0.15, 0.2) is 12.2 Å². The van der Waals surface area contributed by atoms with Crippen LogP contribution >= 0.6 is 0 Å². The topological polar surface area (TPSA) is 107 Å². The predicted octanol–water partition coefficient (Wildman–Crippen LogP) is 0.376. The normalized spacial score (nSPS) is 59.9. The molecule has 144 valence electrons. The van der Waals surface area contributed by atoms with Gasteiger partial charge in [0.15, 0.2) is 5.78 Å². The summed E-state index contributed by atoms with van der Waals surface area (Å²) in [5.41, 5.74) is -2.49. The van der Waals surface area contributed by atoms with Gasteiger partial charge in [-0.1, -0.05) is 20.4 Å². The quantitative estimate of drug-likeness (QED) is 0.463. The van der Waals surface area contributed by atoms with Crippen LogP contribution in [0, 0.1) is 34.0 Å². The van der Waals surface area contributed by atoms with Gasteiger partial charge in [-0.25, -0.2) is 0 Å². The highest BCUT2D eigenvalue weighted by atomic mass is 16.6. The summed E-state index contributed by atoms with van der Waals surface area (Å²) in [5.74, 6) is -3.80. The third kappa shape index (κ3) is 1.41. The Morgan fingerprint density at radius 3 is 2.50 bits per heavy atom. The monoisotopic (exact) mass is 364 g/mol. The van der Waals surface area contributed by atoms with E-state index in [2.05, 4.69) is 6.58 Å². The molecule has 9 atom stereocenters. The summed E-state index contributed by atoms with van der Waals surface area (Å²) >= 11 is 0. The summed E-state index contributed by atoms with van der Waals surface area (Å²) in [6, 6.07) is 0. The lowest BCUT2D eigenvalue weighted by atomic mass is 9.35. The zero-order valence-electron chi connectivity index (χ0n) is 15.3. The molecule has 4 saturated carbocycles. The van der Waals surface area contributed by atoms with Crippen molar-refractivity contribution >= 4 is 5.78 Å². The van der Waals surface area contributed by atoms with Crippen LogP contribution in [0.3, 0.4) is 0 Å². The van der Waals surface area contributed by atoms with E-state index in [9.17, 15) is 25.2 Å². The molecule has 2 heterocycles. The van der Waals surface area contributed by atoms with E-state index >= 15 is 0 Å². The summed E-state index contributed by atoms with van der Waals surface area (Å²) in [6.07, 6.45) is -0.747. The van der Waals surface area contributed by atoms with Gasteiger partial charge in [0, 0.05) is 17.3 Å². The Hall–Kier alpha value is -0.790. The molecule has 0 aromatic rings. The highest BCUT2D eigenvalue weighted by Crippen LogP contribution is 2.76. The van der Waals surface area contributed by atoms with Crippen molar-refractivity contribution in [1.82, 2.24) is 0 Å². The molecule has 4 aliphatic carbocycles. The summed E-state index contributed by atoms with van der Waals surface area (Å²) in [6.45, 7) is 8.07. The van der Waals surface area contributed by atoms with Gasteiger partial charge in [0.1, 0.15) is 11.5 Å². The van der Waals surface area contributed by atoms with Gasteiger partial charge in [-0.05, 0) is 42.6 Å². The lowest BCUT2D eigenvalue weighted by Gasteiger charge is -2.74. The highest BCUT2D eigenvalue weighted by molar-refractivity contribution is 6.05. The molecule has 0 aromatic heterocycles. The zero-order chi connectivity index (χ0) is 18.9. The zero-order valence-corrected chi connectivity index (χ0v) is 15.3. The molecule has 6 nitrogen and oxygen atoms in total. The van der Waals surface area contributed by atoms with Gasteiger partial charge in [0.25, 0.3) is 0 Å². The number of hydrogen-bond donors (Lipinski definition) is 4. The molecule has 6 rings (SSSR count). The average molecular weight is 364 g/mol. The lowest BCUT2D eigenvalue weighted by Crippen LogP contribution is -2.85. The number of ketones is 1. The van der Waals surface area contributed by atoms with Gasteiger partial charge >= 0.3 is 0 Å². The first-order valence-corrected chi connectivity index (χ1v) is 9.71. The van der Waals surface area contributed by atoms with E-state index in [0.29, 0.717) is 24.8 Å². The molecule has 0 aromatic carbocycles. The fourth-order valence-corrected chi connectivity index (χ4v) is 7.90. The number of carbonyl (C=O) groups is 1. The van der Waals surface area contributed by atoms with Crippen LogP contribution < -0.4 is 0 Å². The van der Waals surface area contributed by atoms with Crippen molar-refractivity contribution in [1.29, 1.82) is 0 Å². The highest BCUT2D eigenvalue weighted by Gasteiger charge is 2.86. The summed E-state index contributed by atoms with van der Waals surface area (Å²) in [7, 11) is 0. The molecule has 26 heavy (non-hydrogen) atoms. The number of aliphatic hydroxyl groups is 4. The number of carbonyl (C=O) groups excluding carboxylic acids is 1. The standard InChI is InChI=1S/C20H28O6/c1-9-10-4-5-11-18-8-26-20(25,19(11,14(9)22)15(10)23)16(24)13(18)17(2,3)7-6-12(18)21/h10-13,15-16,21,23-25H,1,4-8H2,2-3H3/t10-,11-,12+,13-,15+,16+,18-,19-,20+/m1/s1. The lowest BCUT2D eigenvalue weighted by molar-refractivity contribution is -0.458. The van der Waals surface area contributed by atoms with E-state index in [1.807, 2.05) is 13.8 Å². The van der Waals surface area contributed by atoms with E-state index in [1.54, 1.807) is 0 Å². The Labute approximate surface area is 152 Å². The fraction of sp³-hybridized carbons (Fsp3) is 0.850. The van der Waals surface area contributed by atoms with Gasteiger partial charge in [-0.3, -0.25) is 4.79 Å². The molecule has 0 unspecified atom stereocenters. The molecule has 4 bridgehead atoms. The van der Waals surface area contributed by atoms with Crippen LogP contribution in [0.4, 0.5) is 0 Å². The molecule has 6 fully saturated rings. The van der Waals surface area contributed by atoms with Crippen molar-refractivity contribution in [3.05, 3.63) is 12.2 Å². The number of rotatable bonds is 0. The second-order valence-electron chi connectivity index (χ2n) is 9.97. The number of fused-ring (bicyclic) bond motifs is 2. The third-order valence-electron chi connectivity index (χ3n) is 8.88. The fourth-order valence-electron chi connectivity index (χ4n) is 7.90. The van der Waals surface area contributed by atoms with Crippen molar-refractivity contribution in [2.75, 3.05) is 6.61 Å². The van der Waals surface area contributed by atoms with E-state index in [0.717, 1.165) is 6.42 Å². The van der Waals surface area contributed by atoms with Crippen molar-refractivity contribution in [3.8, 4) is 0 Å². The molecular weight excluding hydrogens is 336 g/mol. The van der Waals surface area contributed by atoms with Crippen LogP contribution in [-0.2, 0) is 9.53 Å². The minimum atomic E-state index is -2.15. The van der Waals surface area contributed by atoms with Crippen LogP contribution in [0.5, 0.6) is 0 Å². The molecule has 2 aliphatic heterocycles. The minimum Gasteiger partial charge on any atom is -0.392 e. The second kappa shape index (κ2) is 4.61. The number of ether oxygens (including phenoxy) is 1. The molecule has 4 N–H and O–H groups in total. The minimum absolute atomic E-state index is 0.0966. The van der Waals surface area contributed by atoms with E-state index in [1.165, 1.54) is 0 Å². The van der Waals surface area contributed by atoms with Crippen LogP contribution in [-0.4, -0.2) is 56.9 Å². The van der Waals surface area contributed by atoms with Crippen molar-refractivity contribution < 1.29 is 30.0 Å². The van der Waals surface area contributed by atoms with E-state index < -0.39 is 58.5 Å². The molecule has 2 spiro atoms. The Morgan fingerprint density at radius 2 is 1.81 bits per heavy atom. The maximum Gasteiger partial charge on any atom is 0.208 e. The first kappa shape index (κ1) is 17.3. The maximum atomic E-state index is 13.3. The van der Waals surface area contributed by atoms with Gasteiger partial charge in [-0.2, -0.15) is 0 Å². The van der Waals surface area contributed by atoms with Crippen molar-refractivity contribution in [3.63, 3.8) is 0 Å².